The van der Waals surface area contributed by atoms with E-state index < -0.39 is 0 Å². The number of rotatable bonds is 9. The third-order valence-corrected chi connectivity index (χ3v) is 4.90. The molecule has 1 rings (SSSR count). The van der Waals surface area contributed by atoms with Crippen LogP contribution in [-0.2, 0) is 9.31 Å². The number of allylic oxidation sites excluding steroid dienone is 2. The SMILES string of the molecule is CCCCCCCCC/C=C(\C)B1OC(C)(C)C(C)(C)O1. The van der Waals surface area contributed by atoms with Gasteiger partial charge in [-0.3, -0.25) is 0 Å². The highest BCUT2D eigenvalue weighted by atomic mass is 16.7. The normalized spacial score (nSPS) is 21.0. The second-order valence-corrected chi connectivity index (χ2v) is 7.45. The zero-order valence-electron chi connectivity index (χ0n) is 15.1. The molecule has 0 aromatic rings. The third-order valence-electron chi connectivity index (χ3n) is 4.90. The number of hydrogen-bond donors (Lipinski definition) is 0. The summed E-state index contributed by atoms with van der Waals surface area (Å²) in [4.78, 5) is 0. The van der Waals surface area contributed by atoms with Gasteiger partial charge in [-0.2, -0.15) is 0 Å². The predicted molar refractivity (Wildman–Crippen MR) is 92.4 cm³/mol. The molecule has 1 aliphatic heterocycles. The van der Waals surface area contributed by atoms with Crippen LogP contribution in [0.2, 0.25) is 0 Å². The Balaban J connectivity index is 2.22. The van der Waals surface area contributed by atoms with Crippen molar-refractivity contribution in [1.29, 1.82) is 0 Å². The molecule has 0 N–H and O–H groups in total. The van der Waals surface area contributed by atoms with Crippen LogP contribution >= 0.6 is 0 Å². The van der Waals surface area contributed by atoms with E-state index in [1.54, 1.807) is 0 Å². The minimum Gasteiger partial charge on any atom is -0.400 e. The molecule has 0 spiro atoms. The van der Waals surface area contributed by atoms with Crippen LogP contribution in [0.5, 0.6) is 0 Å². The molecule has 1 fully saturated rings. The van der Waals surface area contributed by atoms with Crippen LogP contribution in [0.4, 0.5) is 0 Å². The molecule has 0 aromatic carbocycles. The van der Waals surface area contributed by atoms with E-state index in [1.807, 2.05) is 0 Å². The maximum absolute atomic E-state index is 6.06. The minimum absolute atomic E-state index is 0.167. The molecule has 0 radical (unpaired) electrons. The first kappa shape index (κ1) is 18.8. The average Bonchev–Trinajstić information content (AvgIpc) is 2.61. The van der Waals surface area contributed by atoms with Gasteiger partial charge in [0.1, 0.15) is 0 Å². The van der Waals surface area contributed by atoms with Gasteiger partial charge >= 0.3 is 7.12 Å². The van der Waals surface area contributed by atoms with Gasteiger partial charge in [-0.15, -0.1) is 0 Å². The van der Waals surface area contributed by atoms with E-state index in [-0.39, 0.29) is 18.3 Å². The Hall–Kier alpha value is -0.275. The summed E-state index contributed by atoms with van der Waals surface area (Å²) >= 11 is 0. The molecular formula is C18H35BO2. The smallest absolute Gasteiger partial charge is 0.400 e. The van der Waals surface area contributed by atoms with Crippen LogP contribution in [0.25, 0.3) is 0 Å². The first-order valence-electron chi connectivity index (χ1n) is 8.82. The standard InChI is InChI=1S/C18H35BO2/c1-7-8-9-10-11-12-13-14-15-16(2)19-20-17(3,4)18(5,6)21-19/h15H,7-14H2,1-6H3/b16-15+. The number of unbranched alkanes of at least 4 members (excludes halogenated alkanes) is 7. The van der Waals surface area contributed by atoms with Gasteiger partial charge in [0.25, 0.3) is 0 Å². The molecule has 3 heteroatoms. The molecule has 0 amide bonds. The predicted octanol–water partition coefficient (Wildman–Crippen LogP) is 5.70. The van der Waals surface area contributed by atoms with E-state index >= 15 is 0 Å². The molecule has 0 aliphatic carbocycles. The van der Waals surface area contributed by atoms with Gasteiger partial charge in [-0.25, -0.2) is 0 Å². The molecule has 2 nitrogen and oxygen atoms in total. The summed E-state index contributed by atoms with van der Waals surface area (Å²) < 4.78 is 12.1. The van der Waals surface area contributed by atoms with Crippen LogP contribution in [0.3, 0.4) is 0 Å². The lowest BCUT2D eigenvalue weighted by atomic mass is 9.79. The Morgan fingerprint density at radius 1 is 0.857 bits per heavy atom. The first-order chi connectivity index (χ1) is 9.80. The van der Waals surface area contributed by atoms with Crippen molar-refractivity contribution < 1.29 is 9.31 Å². The van der Waals surface area contributed by atoms with Crippen molar-refractivity contribution in [2.24, 2.45) is 0 Å². The summed E-state index contributed by atoms with van der Waals surface area (Å²) in [6.45, 7) is 12.8. The van der Waals surface area contributed by atoms with Crippen molar-refractivity contribution >= 4 is 7.12 Å². The monoisotopic (exact) mass is 294 g/mol. The average molecular weight is 294 g/mol. The van der Waals surface area contributed by atoms with Crippen LogP contribution in [0, 0.1) is 0 Å². The fourth-order valence-electron chi connectivity index (χ4n) is 2.56. The third kappa shape index (κ3) is 5.79. The van der Waals surface area contributed by atoms with Crippen LogP contribution in [-0.4, -0.2) is 18.3 Å². The topological polar surface area (TPSA) is 18.5 Å². The van der Waals surface area contributed by atoms with Gasteiger partial charge in [0.15, 0.2) is 0 Å². The van der Waals surface area contributed by atoms with Gasteiger partial charge in [-0.1, -0.05) is 51.5 Å². The summed E-state index contributed by atoms with van der Waals surface area (Å²) in [6, 6.07) is 0. The highest BCUT2D eigenvalue weighted by molar-refractivity contribution is 6.54. The van der Waals surface area contributed by atoms with Crippen LogP contribution < -0.4 is 0 Å². The maximum atomic E-state index is 6.06. The summed E-state index contributed by atoms with van der Waals surface area (Å²) in [5, 5.41) is 0. The lowest BCUT2D eigenvalue weighted by Crippen LogP contribution is -2.41. The van der Waals surface area contributed by atoms with E-state index in [4.69, 9.17) is 9.31 Å². The molecule has 0 atom stereocenters. The zero-order chi connectivity index (χ0) is 15.9. The first-order valence-corrected chi connectivity index (χ1v) is 8.82. The van der Waals surface area contributed by atoms with Crippen LogP contribution in [0.15, 0.2) is 11.5 Å². The Labute approximate surface area is 132 Å². The van der Waals surface area contributed by atoms with E-state index in [9.17, 15) is 0 Å². The molecule has 0 saturated carbocycles. The van der Waals surface area contributed by atoms with Gasteiger partial charge < -0.3 is 9.31 Å². The van der Waals surface area contributed by atoms with Gasteiger partial charge in [0.2, 0.25) is 0 Å². The molecule has 21 heavy (non-hydrogen) atoms. The van der Waals surface area contributed by atoms with Gasteiger partial charge in [0.05, 0.1) is 11.2 Å². The zero-order valence-corrected chi connectivity index (χ0v) is 15.1. The maximum Gasteiger partial charge on any atom is 0.489 e. The highest BCUT2D eigenvalue weighted by Gasteiger charge is 2.51. The lowest BCUT2D eigenvalue weighted by molar-refractivity contribution is 0.00578. The van der Waals surface area contributed by atoms with E-state index in [0.29, 0.717) is 0 Å². The van der Waals surface area contributed by atoms with Crippen molar-refractivity contribution in [1.82, 2.24) is 0 Å². The summed E-state index contributed by atoms with van der Waals surface area (Å²) in [6.07, 6.45) is 13.0. The highest BCUT2D eigenvalue weighted by Crippen LogP contribution is 2.38. The molecule has 1 saturated heterocycles. The van der Waals surface area contributed by atoms with Crippen molar-refractivity contribution in [3.8, 4) is 0 Å². The second kappa shape index (κ2) is 8.38. The minimum atomic E-state index is -0.230. The fourth-order valence-corrected chi connectivity index (χ4v) is 2.56. The molecule has 1 heterocycles. The van der Waals surface area contributed by atoms with Crippen molar-refractivity contribution in [2.75, 3.05) is 0 Å². The second-order valence-electron chi connectivity index (χ2n) is 7.45. The quantitative estimate of drug-likeness (QED) is 0.401. The Bertz CT molecular complexity index is 318. The summed E-state index contributed by atoms with van der Waals surface area (Å²) in [5.74, 6) is 0. The lowest BCUT2D eigenvalue weighted by Gasteiger charge is -2.32. The van der Waals surface area contributed by atoms with E-state index in [1.165, 1.54) is 50.4 Å². The molecule has 0 bridgehead atoms. The van der Waals surface area contributed by atoms with Gasteiger partial charge in [0, 0.05) is 0 Å². The van der Waals surface area contributed by atoms with Crippen molar-refractivity contribution in [3.63, 3.8) is 0 Å². The summed E-state index contributed by atoms with van der Waals surface area (Å²) in [7, 11) is -0.167. The molecular weight excluding hydrogens is 259 g/mol. The Morgan fingerprint density at radius 2 is 1.33 bits per heavy atom. The number of hydrogen-bond acceptors (Lipinski definition) is 2. The van der Waals surface area contributed by atoms with E-state index in [0.717, 1.165) is 6.42 Å². The van der Waals surface area contributed by atoms with E-state index in [2.05, 4.69) is 47.6 Å². The van der Waals surface area contributed by atoms with Gasteiger partial charge in [-0.05, 0) is 52.9 Å². The fraction of sp³-hybridized carbons (Fsp3) is 0.889. The molecule has 1 aliphatic rings. The largest absolute Gasteiger partial charge is 0.489 e. The Kier molecular flexibility index (Phi) is 7.49. The Morgan fingerprint density at radius 3 is 1.86 bits per heavy atom. The van der Waals surface area contributed by atoms with Crippen molar-refractivity contribution in [3.05, 3.63) is 11.5 Å². The summed E-state index contributed by atoms with van der Waals surface area (Å²) in [5.41, 5.74) is 0.762. The van der Waals surface area contributed by atoms with Crippen molar-refractivity contribution in [2.45, 2.75) is 104 Å². The molecule has 0 aromatic heterocycles. The molecule has 0 unspecified atom stereocenters. The van der Waals surface area contributed by atoms with Crippen LogP contribution in [0.1, 0.15) is 92.9 Å². The molecule has 122 valence electrons.